The Balaban J connectivity index is 1.69. The molecule has 0 aliphatic carbocycles. The highest BCUT2D eigenvalue weighted by molar-refractivity contribution is 6.00. The van der Waals surface area contributed by atoms with Gasteiger partial charge in [-0.25, -0.2) is 4.79 Å². The summed E-state index contributed by atoms with van der Waals surface area (Å²) in [4.78, 5) is 32.4. The van der Waals surface area contributed by atoms with Crippen molar-refractivity contribution in [2.24, 2.45) is 0 Å². The number of aromatic amines is 1. The molecular weight excluding hydrogens is 342 g/mol. The Bertz CT molecular complexity index is 814. The van der Waals surface area contributed by atoms with Crippen LogP contribution in [-0.2, 0) is 11.3 Å². The molecule has 0 atom stereocenters. The lowest BCUT2D eigenvalue weighted by molar-refractivity contribution is 0.0599. The van der Waals surface area contributed by atoms with Crippen molar-refractivity contribution in [2.45, 2.75) is 26.8 Å². The van der Waals surface area contributed by atoms with Crippen LogP contribution in [0.3, 0.4) is 0 Å². The molecule has 1 aromatic carbocycles. The van der Waals surface area contributed by atoms with E-state index in [1.165, 1.54) is 12.7 Å². The number of hydrogen-bond acceptors (Lipinski definition) is 4. The van der Waals surface area contributed by atoms with Gasteiger partial charge in [-0.3, -0.25) is 9.69 Å². The zero-order valence-corrected chi connectivity index (χ0v) is 16.2. The van der Waals surface area contributed by atoms with Gasteiger partial charge in [0.1, 0.15) is 5.69 Å². The first kappa shape index (κ1) is 19.2. The molecule has 3 rings (SSSR count). The van der Waals surface area contributed by atoms with E-state index >= 15 is 0 Å². The van der Waals surface area contributed by atoms with Crippen LogP contribution in [0.5, 0.6) is 0 Å². The molecule has 0 saturated carbocycles. The molecule has 6 nitrogen and oxygen atoms in total. The molecular formula is C21H27N3O3. The van der Waals surface area contributed by atoms with Gasteiger partial charge in [0, 0.05) is 38.4 Å². The standard InChI is InChI=1S/C21H27N3O3/c1-15-18(21(26)27-3)16(2)22-19(15)20(25)24-11-7-10-23(12-13-24)14-17-8-5-4-6-9-17/h4-6,8-9,22H,7,10-14H2,1-3H3. The molecule has 0 unspecified atom stereocenters. The van der Waals surface area contributed by atoms with Gasteiger partial charge in [-0.2, -0.15) is 0 Å². The molecule has 0 radical (unpaired) electrons. The lowest BCUT2D eigenvalue weighted by Gasteiger charge is -2.22. The zero-order valence-electron chi connectivity index (χ0n) is 16.2. The Morgan fingerprint density at radius 1 is 1.07 bits per heavy atom. The van der Waals surface area contributed by atoms with E-state index in [4.69, 9.17) is 4.74 Å². The largest absolute Gasteiger partial charge is 0.465 e. The van der Waals surface area contributed by atoms with E-state index in [9.17, 15) is 9.59 Å². The number of ether oxygens (including phenoxy) is 1. The summed E-state index contributed by atoms with van der Waals surface area (Å²) in [6.07, 6.45) is 0.932. The summed E-state index contributed by atoms with van der Waals surface area (Å²) >= 11 is 0. The van der Waals surface area contributed by atoms with Crippen LogP contribution in [0, 0.1) is 13.8 Å². The molecule has 0 bridgehead atoms. The number of H-pyrrole nitrogens is 1. The van der Waals surface area contributed by atoms with Crippen molar-refractivity contribution in [1.82, 2.24) is 14.8 Å². The van der Waals surface area contributed by atoms with E-state index in [1.54, 1.807) is 13.8 Å². The summed E-state index contributed by atoms with van der Waals surface area (Å²) in [6.45, 7) is 7.68. The van der Waals surface area contributed by atoms with Crippen molar-refractivity contribution >= 4 is 11.9 Å². The van der Waals surface area contributed by atoms with Crippen LogP contribution < -0.4 is 0 Å². The first-order valence-corrected chi connectivity index (χ1v) is 9.34. The topological polar surface area (TPSA) is 65.6 Å². The minimum absolute atomic E-state index is 0.0488. The quantitative estimate of drug-likeness (QED) is 0.842. The summed E-state index contributed by atoms with van der Waals surface area (Å²) in [6, 6.07) is 10.4. The molecule has 144 valence electrons. The van der Waals surface area contributed by atoms with Crippen molar-refractivity contribution in [2.75, 3.05) is 33.3 Å². The Labute approximate surface area is 160 Å². The molecule has 1 amide bonds. The van der Waals surface area contributed by atoms with Crippen molar-refractivity contribution < 1.29 is 14.3 Å². The van der Waals surface area contributed by atoms with Crippen LogP contribution in [-0.4, -0.2) is 59.9 Å². The number of benzene rings is 1. The molecule has 2 heterocycles. The smallest absolute Gasteiger partial charge is 0.339 e. The SMILES string of the molecule is COC(=O)c1c(C)[nH]c(C(=O)N2CCCN(Cc3ccccc3)CC2)c1C. The highest BCUT2D eigenvalue weighted by Crippen LogP contribution is 2.21. The first-order valence-electron chi connectivity index (χ1n) is 9.34. The molecule has 0 spiro atoms. The Kier molecular flexibility index (Phi) is 5.96. The maximum absolute atomic E-state index is 13.0. The second-order valence-electron chi connectivity index (χ2n) is 7.02. The maximum atomic E-state index is 13.0. The predicted molar refractivity (Wildman–Crippen MR) is 104 cm³/mol. The fourth-order valence-electron chi connectivity index (χ4n) is 3.70. The number of aryl methyl sites for hydroxylation is 1. The number of carbonyl (C=O) groups excluding carboxylic acids is 2. The molecule has 1 saturated heterocycles. The highest BCUT2D eigenvalue weighted by Gasteiger charge is 2.27. The maximum Gasteiger partial charge on any atom is 0.339 e. The van der Waals surface area contributed by atoms with Crippen molar-refractivity contribution in [1.29, 1.82) is 0 Å². The second kappa shape index (κ2) is 8.39. The number of aromatic nitrogens is 1. The average molecular weight is 369 g/mol. The minimum atomic E-state index is -0.412. The van der Waals surface area contributed by atoms with Crippen LogP contribution in [0.15, 0.2) is 30.3 Å². The fraction of sp³-hybridized carbons (Fsp3) is 0.429. The molecule has 1 aliphatic heterocycles. The van der Waals surface area contributed by atoms with Crippen molar-refractivity contribution in [3.63, 3.8) is 0 Å². The number of rotatable bonds is 4. The van der Waals surface area contributed by atoms with Gasteiger partial charge in [-0.1, -0.05) is 30.3 Å². The van der Waals surface area contributed by atoms with E-state index in [0.717, 1.165) is 32.6 Å². The number of carbonyl (C=O) groups is 2. The molecule has 27 heavy (non-hydrogen) atoms. The Morgan fingerprint density at radius 3 is 2.52 bits per heavy atom. The third kappa shape index (κ3) is 4.22. The van der Waals surface area contributed by atoms with Gasteiger partial charge in [0.2, 0.25) is 0 Å². The van der Waals surface area contributed by atoms with Gasteiger partial charge in [0.15, 0.2) is 0 Å². The zero-order chi connectivity index (χ0) is 19.4. The Morgan fingerprint density at radius 2 is 1.81 bits per heavy atom. The Hall–Kier alpha value is -2.60. The van der Waals surface area contributed by atoms with Crippen LogP contribution >= 0.6 is 0 Å². The number of hydrogen-bond donors (Lipinski definition) is 1. The van der Waals surface area contributed by atoms with Crippen molar-refractivity contribution in [3.05, 3.63) is 58.4 Å². The highest BCUT2D eigenvalue weighted by atomic mass is 16.5. The van der Waals surface area contributed by atoms with Gasteiger partial charge in [-0.15, -0.1) is 0 Å². The van der Waals surface area contributed by atoms with Gasteiger partial charge < -0.3 is 14.6 Å². The third-order valence-electron chi connectivity index (χ3n) is 5.17. The molecule has 1 aromatic heterocycles. The lowest BCUT2D eigenvalue weighted by atomic mass is 10.1. The molecule has 6 heteroatoms. The normalized spacial score (nSPS) is 15.4. The third-order valence-corrected chi connectivity index (χ3v) is 5.17. The van der Waals surface area contributed by atoms with Crippen LogP contribution in [0.4, 0.5) is 0 Å². The van der Waals surface area contributed by atoms with Crippen LogP contribution in [0.2, 0.25) is 0 Å². The number of nitrogens with zero attached hydrogens (tertiary/aromatic N) is 2. The summed E-state index contributed by atoms with van der Waals surface area (Å²) in [5, 5.41) is 0. The van der Waals surface area contributed by atoms with Gasteiger partial charge >= 0.3 is 5.97 Å². The van der Waals surface area contributed by atoms with E-state index in [-0.39, 0.29) is 5.91 Å². The molecule has 1 aliphatic rings. The van der Waals surface area contributed by atoms with E-state index in [0.29, 0.717) is 29.1 Å². The molecule has 1 N–H and O–H groups in total. The summed E-state index contributed by atoms with van der Waals surface area (Å²) in [5.74, 6) is -0.461. The number of esters is 1. The first-order chi connectivity index (χ1) is 13.0. The lowest BCUT2D eigenvalue weighted by Crippen LogP contribution is -2.35. The number of nitrogens with one attached hydrogen (secondary N) is 1. The summed E-state index contributed by atoms with van der Waals surface area (Å²) in [5.41, 5.74) is 3.57. The molecule has 1 fully saturated rings. The van der Waals surface area contributed by atoms with Gasteiger partial charge in [-0.05, 0) is 31.4 Å². The van der Waals surface area contributed by atoms with Crippen molar-refractivity contribution in [3.8, 4) is 0 Å². The summed E-state index contributed by atoms with van der Waals surface area (Å²) in [7, 11) is 1.35. The van der Waals surface area contributed by atoms with E-state index in [2.05, 4.69) is 34.1 Å². The number of amides is 1. The summed E-state index contributed by atoms with van der Waals surface area (Å²) < 4.78 is 4.84. The van der Waals surface area contributed by atoms with Crippen LogP contribution in [0.1, 0.15) is 44.1 Å². The fourth-order valence-corrected chi connectivity index (χ4v) is 3.70. The van der Waals surface area contributed by atoms with Crippen LogP contribution in [0.25, 0.3) is 0 Å². The van der Waals surface area contributed by atoms with Gasteiger partial charge in [0.05, 0.1) is 12.7 Å². The van der Waals surface area contributed by atoms with E-state index in [1.807, 2.05) is 11.0 Å². The average Bonchev–Trinajstić information content (AvgIpc) is 2.84. The second-order valence-corrected chi connectivity index (χ2v) is 7.02. The monoisotopic (exact) mass is 369 g/mol. The van der Waals surface area contributed by atoms with Gasteiger partial charge in [0.25, 0.3) is 5.91 Å². The molecule has 2 aromatic rings. The van der Waals surface area contributed by atoms with E-state index < -0.39 is 5.97 Å². The number of methoxy groups -OCH3 is 1. The minimum Gasteiger partial charge on any atom is -0.465 e. The predicted octanol–water partition coefficient (Wildman–Crippen LogP) is 2.77.